The molecular formula is C10H18NNaO3. The fraction of sp³-hybridized carbons (Fsp3) is 0.900. The van der Waals surface area contributed by atoms with E-state index in [1.807, 2.05) is 20.8 Å². The third-order valence-electron chi connectivity index (χ3n) is 2.09. The molecule has 0 aliphatic carbocycles. The van der Waals surface area contributed by atoms with Crippen molar-refractivity contribution in [2.45, 2.75) is 45.3 Å². The van der Waals surface area contributed by atoms with Crippen molar-refractivity contribution in [2.75, 3.05) is 13.1 Å². The van der Waals surface area contributed by atoms with Crippen molar-refractivity contribution in [2.24, 2.45) is 0 Å². The smallest absolute Gasteiger partial charge is 0.852 e. The number of piperidine rings is 1. The van der Waals surface area contributed by atoms with Crippen LogP contribution in [-0.2, 0) is 4.74 Å². The summed E-state index contributed by atoms with van der Waals surface area (Å²) in [5.74, 6) is 0. The molecule has 1 fully saturated rings. The maximum absolute atomic E-state index is 11.5. The second-order valence-electron chi connectivity index (χ2n) is 4.67. The van der Waals surface area contributed by atoms with Crippen molar-refractivity contribution >= 4 is 6.09 Å². The van der Waals surface area contributed by atoms with E-state index in [4.69, 9.17) is 4.74 Å². The standard InChI is InChI=1S/C10H18NO3.Na/c1-10(2,3)14-9(13)11-6-4-8(12)5-7-11;/h8H,4-7H2,1-3H3;/q-1;+1. The number of hydrogen-bond donors (Lipinski definition) is 0. The Balaban J connectivity index is 0.00000196. The first-order chi connectivity index (χ1) is 6.38. The fourth-order valence-corrected chi connectivity index (χ4v) is 1.36. The van der Waals surface area contributed by atoms with Gasteiger partial charge in [0.1, 0.15) is 5.60 Å². The van der Waals surface area contributed by atoms with Gasteiger partial charge >= 0.3 is 35.7 Å². The Morgan fingerprint density at radius 1 is 1.33 bits per heavy atom. The number of nitrogens with zero attached hydrogens (tertiary/aromatic N) is 1. The first-order valence-corrected chi connectivity index (χ1v) is 5.02. The summed E-state index contributed by atoms with van der Waals surface area (Å²) < 4.78 is 5.20. The molecule has 0 aromatic carbocycles. The maximum atomic E-state index is 11.5. The molecule has 0 radical (unpaired) electrons. The predicted octanol–water partition coefficient (Wildman–Crippen LogP) is -2.25. The van der Waals surface area contributed by atoms with Crippen LogP contribution in [-0.4, -0.2) is 35.8 Å². The molecule has 15 heavy (non-hydrogen) atoms. The molecule has 0 bridgehead atoms. The van der Waals surface area contributed by atoms with E-state index >= 15 is 0 Å². The van der Waals surface area contributed by atoms with Crippen LogP contribution in [0.3, 0.4) is 0 Å². The van der Waals surface area contributed by atoms with Crippen LogP contribution >= 0.6 is 0 Å². The Hall–Kier alpha value is 0.230. The number of rotatable bonds is 0. The SMILES string of the molecule is CC(C)(C)OC(=O)N1CCC([O-])CC1.[Na+]. The first kappa shape index (κ1) is 15.2. The van der Waals surface area contributed by atoms with Gasteiger partial charge in [-0.3, -0.25) is 0 Å². The quantitative estimate of drug-likeness (QED) is 0.436. The molecular weight excluding hydrogens is 205 g/mol. The topological polar surface area (TPSA) is 52.6 Å². The van der Waals surface area contributed by atoms with Gasteiger partial charge in [-0.2, -0.15) is 0 Å². The van der Waals surface area contributed by atoms with Gasteiger partial charge < -0.3 is 14.7 Å². The number of carbonyl (C=O) groups is 1. The molecule has 1 saturated heterocycles. The molecule has 1 amide bonds. The molecule has 1 aliphatic rings. The number of hydrogen-bond acceptors (Lipinski definition) is 3. The molecule has 82 valence electrons. The minimum Gasteiger partial charge on any atom is -0.852 e. The summed E-state index contributed by atoms with van der Waals surface area (Å²) >= 11 is 0. The molecule has 1 heterocycles. The molecule has 0 aromatic heterocycles. The maximum Gasteiger partial charge on any atom is 1.00 e. The minimum absolute atomic E-state index is 0. The Morgan fingerprint density at radius 2 is 1.80 bits per heavy atom. The van der Waals surface area contributed by atoms with Crippen LogP contribution in [0.15, 0.2) is 0 Å². The second kappa shape index (κ2) is 6.09. The van der Waals surface area contributed by atoms with Crippen molar-refractivity contribution in [3.8, 4) is 0 Å². The summed E-state index contributed by atoms with van der Waals surface area (Å²) in [5, 5.41) is 11.0. The predicted molar refractivity (Wildman–Crippen MR) is 50.8 cm³/mol. The third-order valence-corrected chi connectivity index (χ3v) is 2.09. The van der Waals surface area contributed by atoms with Gasteiger partial charge in [0.25, 0.3) is 0 Å². The summed E-state index contributed by atoms with van der Waals surface area (Å²) in [6, 6.07) is 0. The van der Waals surface area contributed by atoms with Crippen molar-refractivity contribution in [1.82, 2.24) is 4.90 Å². The number of amides is 1. The van der Waals surface area contributed by atoms with Gasteiger partial charge in [-0.25, -0.2) is 4.79 Å². The summed E-state index contributed by atoms with van der Waals surface area (Å²) in [6.07, 6.45) is 0.275. The molecule has 1 rings (SSSR count). The van der Waals surface area contributed by atoms with Crippen LogP contribution in [0, 0.1) is 0 Å². The average Bonchev–Trinajstić information content (AvgIpc) is 2.02. The van der Waals surface area contributed by atoms with Gasteiger partial charge in [-0.15, -0.1) is 6.10 Å². The van der Waals surface area contributed by atoms with Crippen LogP contribution in [0.25, 0.3) is 0 Å². The largest absolute Gasteiger partial charge is 1.00 e. The molecule has 0 saturated carbocycles. The zero-order valence-electron chi connectivity index (χ0n) is 10.1. The van der Waals surface area contributed by atoms with Gasteiger partial charge in [0.05, 0.1) is 0 Å². The van der Waals surface area contributed by atoms with E-state index in [1.165, 1.54) is 0 Å². The van der Waals surface area contributed by atoms with Crippen LogP contribution in [0.1, 0.15) is 33.6 Å². The molecule has 0 aromatic rings. The van der Waals surface area contributed by atoms with E-state index in [0.717, 1.165) is 0 Å². The second-order valence-corrected chi connectivity index (χ2v) is 4.67. The molecule has 4 nitrogen and oxygen atoms in total. The Morgan fingerprint density at radius 3 is 2.20 bits per heavy atom. The van der Waals surface area contributed by atoms with E-state index in [-0.39, 0.29) is 35.7 Å². The summed E-state index contributed by atoms with van der Waals surface area (Å²) in [7, 11) is 0. The van der Waals surface area contributed by atoms with E-state index in [0.29, 0.717) is 25.9 Å². The van der Waals surface area contributed by atoms with Gasteiger partial charge in [0.15, 0.2) is 0 Å². The van der Waals surface area contributed by atoms with E-state index in [1.54, 1.807) is 4.90 Å². The number of ether oxygens (including phenoxy) is 1. The molecule has 1 aliphatic heterocycles. The molecule has 0 atom stereocenters. The van der Waals surface area contributed by atoms with Crippen molar-refractivity contribution in [3.63, 3.8) is 0 Å². The van der Waals surface area contributed by atoms with E-state index in [2.05, 4.69) is 0 Å². The number of likely N-dealkylation sites (tertiary alicyclic amines) is 1. The van der Waals surface area contributed by atoms with Gasteiger partial charge in [0.2, 0.25) is 0 Å². The summed E-state index contributed by atoms with van der Waals surface area (Å²) in [4.78, 5) is 13.1. The van der Waals surface area contributed by atoms with Gasteiger partial charge in [-0.1, -0.05) is 0 Å². The van der Waals surface area contributed by atoms with E-state index in [9.17, 15) is 9.90 Å². The summed E-state index contributed by atoms with van der Waals surface area (Å²) in [5.41, 5.74) is -0.453. The number of carbonyl (C=O) groups excluding carboxylic acids is 1. The van der Waals surface area contributed by atoms with E-state index < -0.39 is 11.7 Å². The summed E-state index contributed by atoms with van der Waals surface area (Å²) in [6.45, 7) is 6.58. The molecule has 0 N–H and O–H groups in total. The molecule has 0 unspecified atom stereocenters. The zero-order chi connectivity index (χ0) is 10.8. The third kappa shape index (κ3) is 5.76. The van der Waals surface area contributed by atoms with Gasteiger partial charge in [0, 0.05) is 13.1 Å². The molecule has 0 spiro atoms. The Labute approximate surface area is 113 Å². The molecule has 5 heteroatoms. The average molecular weight is 223 g/mol. The van der Waals surface area contributed by atoms with Gasteiger partial charge in [-0.05, 0) is 33.6 Å². The first-order valence-electron chi connectivity index (χ1n) is 5.02. The van der Waals surface area contributed by atoms with Crippen LogP contribution < -0.4 is 34.7 Å². The Bertz CT molecular complexity index is 207. The Kier molecular flexibility index (Phi) is 6.18. The zero-order valence-corrected chi connectivity index (χ0v) is 12.1. The fourth-order valence-electron chi connectivity index (χ4n) is 1.36. The normalized spacial score (nSPS) is 18.3. The van der Waals surface area contributed by atoms with Crippen molar-refractivity contribution in [1.29, 1.82) is 0 Å². The van der Waals surface area contributed by atoms with Crippen molar-refractivity contribution < 1.29 is 44.2 Å². The minimum atomic E-state index is -0.506. The monoisotopic (exact) mass is 223 g/mol. The van der Waals surface area contributed by atoms with Crippen LogP contribution in [0.2, 0.25) is 0 Å². The van der Waals surface area contributed by atoms with Crippen molar-refractivity contribution in [3.05, 3.63) is 0 Å². The van der Waals surface area contributed by atoms with Crippen LogP contribution in [0.4, 0.5) is 4.79 Å². The van der Waals surface area contributed by atoms with Crippen LogP contribution in [0.5, 0.6) is 0 Å².